The van der Waals surface area contributed by atoms with Gasteiger partial charge in [0.15, 0.2) is 0 Å². The molecule has 0 spiro atoms. The molecule has 18 nitrogen and oxygen atoms in total. The van der Waals surface area contributed by atoms with E-state index in [1.165, 1.54) is 20.8 Å². The molecular weight excluding hydrogens is 598 g/mol. The molecule has 0 aliphatic carbocycles. The second-order valence-corrected chi connectivity index (χ2v) is 11.1. The highest BCUT2D eigenvalue weighted by Crippen LogP contribution is 2.07. The van der Waals surface area contributed by atoms with E-state index < -0.39 is 96.0 Å². The Labute approximate surface area is 259 Å². The van der Waals surface area contributed by atoms with Crippen LogP contribution in [0.5, 0.6) is 0 Å². The molecule has 0 aromatic rings. The van der Waals surface area contributed by atoms with Gasteiger partial charge in [0.05, 0.1) is 6.42 Å². The lowest BCUT2D eigenvalue weighted by Gasteiger charge is -2.25. The van der Waals surface area contributed by atoms with Gasteiger partial charge in [0, 0.05) is 19.4 Å². The number of carboxylic acids is 2. The van der Waals surface area contributed by atoms with Crippen LogP contribution in [0.3, 0.4) is 0 Å². The Morgan fingerprint density at radius 1 is 0.644 bits per heavy atom. The van der Waals surface area contributed by atoms with Crippen LogP contribution in [0.4, 0.5) is 0 Å². The summed E-state index contributed by atoms with van der Waals surface area (Å²) in [4.78, 5) is 111. The topological polar surface area (TPSA) is 278 Å². The third-order valence-electron chi connectivity index (χ3n) is 6.58. The van der Waals surface area contributed by atoms with Crippen molar-refractivity contribution in [2.75, 3.05) is 6.54 Å². The van der Waals surface area contributed by atoms with Gasteiger partial charge in [-0.2, -0.15) is 0 Å². The van der Waals surface area contributed by atoms with Crippen LogP contribution in [-0.2, 0) is 43.2 Å². The Bertz CT molecular complexity index is 1160. The first-order valence-electron chi connectivity index (χ1n) is 14.4. The average molecular weight is 642 g/mol. The third kappa shape index (κ3) is 14.0. The SMILES string of the molecule is CC(C)C[C@H]1NC(=O)[C@H](C)NC(=O)[C@@H](C)NC(=O)CC[C@@H](C(=O)O)NC(=O)CCNC(=O)[C@@H](C)NC(=O)C[C@@H](C(=O)O)NC1=O. The Kier molecular flexibility index (Phi) is 15.4. The molecule has 1 rings (SSSR count). The number of aliphatic carboxylic acids is 2. The van der Waals surface area contributed by atoms with Crippen LogP contribution in [0, 0.1) is 5.92 Å². The molecule has 1 heterocycles. The van der Waals surface area contributed by atoms with Crippen molar-refractivity contribution in [1.29, 1.82) is 0 Å². The first kappa shape index (κ1) is 38.3. The van der Waals surface area contributed by atoms with Crippen molar-refractivity contribution in [1.82, 2.24) is 37.2 Å². The molecule has 0 saturated carbocycles. The zero-order valence-electron chi connectivity index (χ0n) is 25.9. The molecular formula is C27H43N7O11. The lowest BCUT2D eigenvalue weighted by molar-refractivity contribution is -0.144. The number of carbonyl (C=O) groups is 9. The highest BCUT2D eigenvalue weighted by molar-refractivity contribution is 5.96. The van der Waals surface area contributed by atoms with Gasteiger partial charge in [-0.25, -0.2) is 9.59 Å². The molecule has 0 aromatic carbocycles. The fourth-order valence-electron chi connectivity index (χ4n) is 4.06. The first-order valence-corrected chi connectivity index (χ1v) is 14.4. The van der Waals surface area contributed by atoms with Crippen LogP contribution < -0.4 is 37.2 Å². The highest BCUT2D eigenvalue weighted by Gasteiger charge is 2.31. The third-order valence-corrected chi connectivity index (χ3v) is 6.58. The van der Waals surface area contributed by atoms with E-state index in [9.17, 15) is 53.4 Å². The lowest BCUT2D eigenvalue weighted by Crippen LogP contribution is -2.57. The standard InChI is InChI=1S/C27H43N7O11/c1-12(2)10-17-25(41)34-18(27(44)45)11-21(37)30-13(3)22(38)28-9-8-20(36)32-16(26(42)43)6-7-19(35)29-14(4)23(39)31-15(5)24(40)33-17/h12-18H,6-11H2,1-5H3,(H,28,38)(H,29,35)(H,30,37)(H,31,39)(H,32,36)(H,33,40)(H,34,41)(H,42,43)(H,44,45)/t13-,14-,15+,16+,17-,18+/m1/s1. The van der Waals surface area contributed by atoms with Crippen LogP contribution in [-0.4, -0.2) is 106 Å². The minimum Gasteiger partial charge on any atom is -0.480 e. The van der Waals surface area contributed by atoms with Gasteiger partial charge in [0.2, 0.25) is 41.4 Å². The van der Waals surface area contributed by atoms with Crippen LogP contribution in [0.15, 0.2) is 0 Å². The van der Waals surface area contributed by atoms with Gasteiger partial charge in [-0.15, -0.1) is 0 Å². The number of rotatable bonds is 4. The Morgan fingerprint density at radius 3 is 1.73 bits per heavy atom. The number of carbonyl (C=O) groups excluding carboxylic acids is 7. The lowest BCUT2D eigenvalue weighted by atomic mass is 10.0. The maximum Gasteiger partial charge on any atom is 0.326 e. The van der Waals surface area contributed by atoms with E-state index in [2.05, 4.69) is 37.2 Å². The molecule has 0 aromatic heterocycles. The summed E-state index contributed by atoms with van der Waals surface area (Å²) >= 11 is 0. The summed E-state index contributed by atoms with van der Waals surface area (Å²) in [5.41, 5.74) is 0. The smallest absolute Gasteiger partial charge is 0.326 e. The summed E-state index contributed by atoms with van der Waals surface area (Å²) in [5, 5.41) is 35.4. The molecule has 45 heavy (non-hydrogen) atoms. The van der Waals surface area contributed by atoms with E-state index in [0.717, 1.165) is 0 Å². The zero-order valence-corrected chi connectivity index (χ0v) is 25.9. The largest absolute Gasteiger partial charge is 0.480 e. The molecule has 0 bridgehead atoms. The molecule has 7 amide bonds. The fraction of sp³-hybridized carbons (Fsp3) is 0.667. The highest BCUT2D eigenvalue weighted by atomic mass is 16.4. The molecule has 18 heteroatoms. The molecule has 1 aliphatic heterocycles. The summed E-state index contributed by atoms with van der Waals surface area (Å²) in [6, 6.07) is -7.93. The van der Waals surface area contributed by atoms with E-state index in [-0.39, 0.29) is 38.1 Å². The predicted octanol–water partition coefficient (Wildman–Crippen LogP) is -3.14. The number of amides is 7. The monoisotopic (exact) mass is 641 g/mol. The molecule has 6 atom stereocenters. The maximum absolute atomic E-state index is 13.0. The van der Waals surface area contributed by atoms with E-state index in [4.69, 9.17) is 0 Å². The molecule has 0 radical (unpaired) electrons. The van der Waals surface area contributed by atoms with Crippen molar-refractivity contribution in [2.45, 2.75) is 103 Å². The van der Waals surface area contributed by atoms with Gasteiger partial charge in [0.25, 0.3) is 0 Å². The predicted molar refractivity (Wildman–Crippen MR) is 155 cm³/mol. The number of hydrogen-bond donors (Lipinski definition) is 9. The fourth-order valence-corrected chi connectivity index (χ4v) is 4.06. The van der Waals surface area contributed by atoms with E-state index in [1.807, 2.05) is 0 Å². The van der Waals surface area contributed by atoms with Gasteiger partial charge in [-0.3, -0.25) is 33.6 Å². The summed E-state index contributed by atoms with van der Waals surface area (Å²) in [5.74, 6) is -8.64. The number of nitrogens with one attached hydrogen (secondary N) is 7. The summed E-state index contributed by atoms with van der Waals surface area (Å²) in [7, 11) is 0. The van der Waals surface area contributed by atoms with Gasteiger partial charge in [-0.05, 0) is 39.5 Å². The second kappa shape index (κ2) is 18.1. The molecule has 1 fully saturated rings. The minimum atomic E-state index is -1.72. The van der Waals surface area contributed by atoms with Crippen LogP contribution in [0.2, 0.25) is 0 Å². The van der Waals surface area contributed by atoms with Crippen molar-refractivity contribution in [3.63, 3.8) is 0 Å². The van der Waals surface area contributed by atoms with Gasteiger partial charge in [0.1, 0.15) is 36.3 Å². The van der Waals surface area contributed by atoms with Crippen molar-refractivity contribution in [3.05, 3.63) is 0 Å². The van der Waals surface area contributed by atoms with Crippen LogP contribution in [0.25, 0.3) is 0 Å². The molecule has 1 saturated heterocycles. The van der Waals surface area contributed by atoms with Crippen LogP contribution >= 0.6 is 0 Å². The summed E-state index contributed by atoms with van der Waals surface area (Å²) < 4.78 is 0. The normalized spacial score (nSPS) is 27.6. The van der Waals surface area contributed by atoms with Crippen LogP contribution in [0.1, 0.15) is 66.7 Å². The van der Waals surface area contributed by atoms with Crippen molar-refractivity contribution >= 4 is 53.3 Å². The van der Waals surface area contributed by atoms with E-state index >= 15 is 0 Å². The quantitative estimate of drug-likeness (QED) is 0.148. The van der Waals surface area contributed by atoms with E-state index in [1.54, 1.807) is 13.8 Å². The van der Waals surface area contributed by atoms with Crippen molar-refractivity contribution < 1.29 is 53.4 Å². The van der Waals surface area contributed by atoms with Crippen molar-refractivity contribution in [2.24, 2.45) is 5.92 Å². The van der Waals surface area contributed by atoms with E-state index in [0.29, 0.717) is 0 Å². The summed E-state index contributed by atoms with van der Waals surface area (Å²) in [6.07, 6.45) is -1.70. The number of carboxylic acid groups (broad SMARTS) is 2. The Hall–Kier alpha value is -4.77. The summed E-state index contributed by atoms with van der Waals surface area (Å²) in [6.45, 7) is 7.21. The van der Waals surface area contributed by atoms with Gasteiger partial charge < -0.3 is 47.4 Å². The Morgan fingerprint density at radius 2 is 1.16 bits per heavy atom. The zero-order chi connectivity index (χ0) is 34.4. The minimum absolute atomic E-state index is 0.0785. The Balaban J connectivity index is 3.21. The first-order chi connectivity index (χ1) is 20.9. The second-order valence-electron chi connectivity index (χ2n) is 11.1. The van der Waals surface area contributed by atoms with Crippen molar-refractivity contribution in [3.8, 4) is 0 Å². The molecule has 0 unspecified atom stereocenters. The molecule has 9 N–H and O–H groups in total. The number of hydrogen-bond acceptors (Lipinski definition) is 9. The average Bonchev–Trinajstić information content (AvgIpc) is 2.92. The molecule has 252 valence electrons. The maximum atomic E-state index is 13.0. The van der Waals surface area contributed by atoms with Gasteiger partial charge in [-0.1, -0.05) is 13.8 Å². The van der Waals surface area contributed by atoms with Gasteiger partial charge >= 0.3 is 11.9 Å². The molecule has 1 aliphatic rings.